The molecule has 2 aliphatic heterocycles. The maximum absolute atomic E-state index is 2.51. The summed E-state index contributed by atoms with van der Waals surface area (Å²) in [5.41, 5.74) is 0.720. The van der Waals surface area contributed by atoms with E-state index in [1.54, 1.807) is 0 Å². The molecule has 0 N–H and O–H groups in total. The monoisotopic (exact) mass is 196 g/mol. The molecule has 0 radical (unpaired) electrons. The quantitative estimate of drug-likeness (QED) is 0.583. The molecule has 14 heavy (non-hydrogen) atoms. The maximum atomic E-state index is 2.51. The summed E-state index contributed by atoms with van der Waals surface area (Å²) in [6, 6.07) is 0. The number of likely N-dealkylation sites (tertiary alicyclic amines) is 2. The first kappa shape index (κ1) is 10.4. The van der Waals surface area contributed by atoms with Gasteiger partial charge < -0.3 is 9.80 Å². The molecule has 2 fully saturated rings. The number of rotatable bonds is 0. The van der Waals surface area contributed by atoms with Gasteiger partial charge in [0.15, 0.2) is 0 Å². The minimum Gasteiger partial charge on any atom is -0.306 e. The largest absolute Gasteiger partial charge is 0.306 e. The summed E-state index contributed by atoms with van der Waals surface area (Å²) in [5, 5.41) is 0. The van der Waals surface area contributed by atoms with Crippen LogP contribution in [0.3, 0.4) is 0 Å². The van der Waals surface area contributed by atoms with E-state index in [1.165, 1.54) is 58.3 Å². The molecular formula is C12H24N2. The standard InChI is InChI=1S/C12H24N2/c1-13-8-3-4-12(5-9-13)6-10-14(2)11-7-12/h3-11H2,1-2H3. The molecule has 82 valence electrons. The number of nitrogens with zero attached hydrogens (tertiary/aromatic N) is 2. The summed E-state index contributed by atoms with van der Waals surface area (Å²) in [4.78, 5) is 4.99. The third-order valence-electron chi connectivity index (χ3n) is 4.32. The van der Waals surface area contributed by atoms with E-state index in [4.69, 9.17) is 0 Å². The highest BCUT2D eigenvalue weighted by Gasteiger charge is 2.34. The Kier molecular flexibility index (Phi) is 3.13. The summed E-state index contributed by atoms with van der Waals surface area (Å²) in [6.07, 6.45) is 7.22. The lowest BCUT2D eigenvalue weighted by Gasteiger charge is -2.40. The van der Waals surface area contributed by atoms with Crippen LogP contribution in [0.2, 0.25) is 0 Å². The van der Waals surface area contributed by atoms with Crippen LogP contribution in [0.15, 0.2) is 0 Å². The van der Waals surface area contributed by atoms with Crippen LogP contribution in [0.5, 0.6) is 0 Å². The zero-order valence-electron chi connectivity index (χ0n) is 9.76. The van der Waals surface area contributed by atoms with Gasteiger partial charge in [0.1, 0.15) is 0 Å². The Morgan fingerprint density at radius 2 is 1.21 bits per heavy atom. The van der Waals surface area contributed by atoms with Crippen molar-refractivity contribution in [2.75, 3.05) is 40.3 Å². The fraction of sp³-hybridized carbons (Fsp3) is 1.00. The highest BCUT2D eigenvalue weighted by molar-refractivity contribution is 4.87. The van der Waals surface area contributed by atoms with Crippen molar-refractivity contribution >= 4 is 0 Å². The average Bonchev–Trinajstić information content (AvgIpc) is 2.36. The Hall–Kier alpha value is -0.0800. The molecule has 2 heteroatoms. The van der Waals surface area contributed by atoms with Gasteiger partial charge in [0.05, 0.1) is 0 Å². The molecule has 0 atom stereocenters. The zero-order valence-corrected chi connectivity index (χ0v) is 9.76. The van der Waals surface area contributed by atoms with Crippen molar-refractivity contribution < 1.29 is 0 Å². The SMILES string of the molecule is CN1CCCC2(CC1)CCN(C)CC2. The molecule has 0 aromatic heterocycles. The molecule has 2 rings (SSSR count). The van der Waals surface area contributed by atoms with Gasteiger partial charge in [-0.1, -0.05) is 0 Å². The first-order valence-electron chi connectivity index (χ1n) is 6.07. The summed E-state index contributed by atoms with van der Waals surface area (Å²) >= 11 is 0. The Morgan fingerprint density at radius 3 is 1.79 bits per heavy atom. The van der Waals surface area contributed by atoms with E-state index in [1.807, 2.05) is 0 Å². The Morgan fingerprint density at radius 1 is 0.714 bits per heavy atom. The molecule has 0 unspecified atom stereocenters. The topological polar surface area (TPSA) is 6.48 Å². The molecule has 0 aliphatic carbocycles. The van der Waals surface area contributed by atoms with Crippen molar-refractivity contribution in [2.45, 2.75) is 32.1 Å². The Labute approximate surface area is 88.3 Å². The van der Waals surface area contributed by atoms with Gasteiger partial charge in [0, 0.05) is 0 Å². The van der Waals surface area contributed by atoms with Crippen molar-refractivity contribution in [3.8, 4) is 0 Å². The highest BCUT2D eigenvalue weighted by Crippen LogP contribution is 2.40. The molecule has 0 aromatic carbocycles. The molecule has 2 aliphatic rings. The van der Waals surface area contributed by atoms with Crippen molar-refractivity contribution in [1.82, 2.24) is 9.80 Å². The fourth-order valence-electron chi connectivity index (χ4n) is 2.98. The van der Waals surface area contributed by atoms with Crippen LogP contribution in [0.1, 0.15) is 32.1 Å². The normalized spacial score (nSPS) is 30.4. The van der Waals surface area contributed by atoms with Gasteiger partial charge in [0.2, 0.25) is 0 Å². The van der Waals surface area contributed by atoms with Crippen LogP contribution >= 0.6 is 0 Å². The minimum atomic E-state index is 0.720. The summed E-state index contributed by atoms with van der Waals surface area (Å²) in [5.74, 6) is 0. The van der Waals surface area contributed by atoms with Gasteiger partial charge in [-0.2, -0.15) is 0 Å². The van der Waals surface area contributed by atoms with E-state index >= 15 is 0 Å². The maximum Gasteiger partial charge on any atom is -0.00165 e. The summed E-state index contributed by atoms with van der Waals surface area (Å²) in [7, 11) is 4.53. The average molecular weight is 196 g/mol. The second kappa shape index (κ2) is 4.19. The van der Waals surface area contributed by atoms with E-state index < -0.39 is 0 Å². The van der Waals surface area contributed by atoms with E-state index in [-0.39, 0.29) is 0 Å². The van der Waals surface area contributed by atoms with E-state index in [0.29, 0.717) is 0 Å². The third kappa shape index (κ3) is 2.29. The molecule has 2 saturated heterocycles. The first-order valence-corrected chi connectivity index (χ1v) is 6.07. The minimum absolute atomic E-state index is 0.720. The van der Waals surface area contributed by atoms with Crippen LogP contribution in [-0.4, -0.2) is 50.1 Å². The van der Waals surface area contributed by atoms with Crippen molar-refractivity contribution in [2.24, 2.45) is 5.41 Å². The van der Waals surface area contributed by atoms with Crippen LogP contribution < -0.4 is 0 Å². The highest BCUT2D eigenvalue weighted by atomic mass is 15.1. The number of piperidine rings is 1. The van der Waals surface area contributed by atoms with E-state index in [2.05, 4.69) is 23.9 Å². The molecule has 2 nitrogen and oxygen atoms in total. The van der Waals surface area contributed by atoms with Crippen LogP contribution in [-0.2, 0) is 0 Å². The van der Waals surface area contributed by atoms with Gasteiger partial charge in [-0.15, -0.1) is 0 Å². The molecule has 0 bridgehead atoms. The summed E-state index contributed by atoms with van der Waals surface area (Å²) in [6.45, 7) is 5.29. The third-order valence-corrected chi connectivity index (χ3v) is 4.32. The molecule has 0 amide bonds. The lowest BCUT2D eigenvalue weighted by molar-refractivity contribution is 0.105. The van der Waals surface area contributed by atoms with Crippen molar-refractivity contribution in [3.63, 3.8) is 0 Å². The fourth-order valence-corrected chi connectivity index (χ4v) is 2.98. The molecule has 0 aromatic rings. The molecule has 0 saturated carbocycles. The smallest absolute Gasteiger partial charge is 0.00165 e. The first-order chi connectivity index (χ1) is 6.70. The van der Waals surface area contributed by atoms with Gasteiger partial charge in [-0.05, 0) is 77.8 Å². The zero-order chi connectivity index (χ0) is 10.0. The lowest BCUT2D eigenvalue weighted by atomic mass is 9.73. The van der Waals surface area contributed by atoms with Crippen LogP contribution in [0, 0.1) is 5.41 Å². The van der Waals surface area contributed by atoms with Crippen LogP contribution in [0.4, 0.5) is 0 Å². The van der Waals surface area contributed by atoms with Crippen LogP contribution in [0.25, 0.3) is 0 Å². The van der Waals surface area contributed by atoms with Gasteiger partial charge in [-0.3, -0.25) is 0 Å². The number of hydrogen-bond donors (Lipinski definition) is 0. The van der Waals surface area contributed by atoms with Gasteiger partial charge in [-0.25, -0.2) is 0 Å². The predicted octanol–water partition coefficient (Wildman–Crippen LogP) is 1.81. The molecular weight excluding hydrogens is 172 g/mol. The summed E-state index contributed by atoms with van der Waals surface area (Å²) < 4.78 is 0. The van der Waals surface area contributed by atoms with E-state index in [9.17, 15) is 0 Å². The lowest BCUT2D eigenvalue weighted by Crippen LogP contribution is -2.38. The predicted molar refractivity (Wildman–Crippen MR) is 60.5 cm³/mol. The van der Waals surface area contributed by atoms with Gasteiger partial charge >= 0.3 is 0 Å². The second-order valence-electron chi connectivity index (χ2n) is 5.46. The molecule has 1 spiro atoms. The Bertz CT molecular complexity index is 177. The van der Waals surface area contributed by atoms with E-state index in [0.717, 1.165) is 5.41 Å². The van der Waals surface area contributed by atoms with Crippen molar-refractivity contribution in [1.29, 1.82) is 0 Å². The molecule has 2 heterocycles. The Balaban J connectivity index is 1.94. The number of hydrogen-bond acceptors (Lipinski definition) is 2. The second-order valence-corrected chi connectivity index (χ2v) is 5.46. The van der Waals surface area contributed by atoms with Crippen molar-refractivity contribution in [3.05, 3.63) is 0 Å². The van der Waals surface area contributed by atoms with Gasteiger partial charge in [0.25, 0.3) is 0 Å².